The highest BCUT2D eigenvalue weighted by Crippen LogP contribution is 2.44. The van der Waals surface area contributed by atoms with Crippen molar-refractivity contribution in [2.45, 2.75) is 25.9 Å². The first-order valence-corrected chi connectivity index (χ1v) is 15.4. The summed E-state index contributed by atoms with van der Waals surface area (Å²) in [7, 11) is 0. The first-order valence-electron chi connectivity index (χ1n) is 16.1. The number of β-amino-alcohol motifs (C(OH)–C–C–N with tert-alkyl or cyclic N) is 1. The highest BCUT2D eigenvalue weighted by Gasteiger charge is 2.36. The van der Waals surface area contributed by atoms with Gasteiger partial charge in [-0.25, -0.2) is 8.78 Å². The topological polar surface area (TPSA) is 145 Å². The van der Waals surface area contributed by atoms with E-state index in [1.807, 2.05) is 0 Å². The van der Waals surface area contributed by atoms with E-state index < -0.39 is 23.8 Å². The number of anilines is 2. The predicted octanol–water partition coefficient (Wildman–Crippen LogP) is 5.14. The van der Waals surface area contributed by atoms with Gasteiger partial charge in [-0.3, -0.25) is 0 Å². The van der Waals surface area contributed by atoms with Crippen LogP contribution in [0.5, 0.6) is 6.01 Å². The Kier molecular flexibility index (Phi) is 7.32. The van der Waals surface area contributed by atoms with Crippen LogP contribution in [0.1, 0.15) is 35.5 Å². The summed E-state index contributed by atoms with van der Waals surface area (Å²) in [6, 6.07) is 10.4. The minimum atomic E-state index is -2.40. The van der Waals surface area contributed by atoms with Gasteiger partial charge in [-0.05, 0) is 43.6 Å². The second-order valence-electron chi connectivity index (χ2n) is 12.2. The summed E-state index contributed by atoms with van der Waals surface area (Å²) in [6.45, 7) is 1.31. The lowest BCUT2D eigenvalue weighted by Crippen LogP contribution is -2.44. The lowest BCUT2D eigenvalue weighted by molar-refractivity contribution is -0.0123. The van der Waals surface area contributed by atoms with E-state index in [9.17, 15) is 20.0 Å². The van der Waals surface area contributed by atoms with Gasteiger partial charge < -0.3 is 30.1 Å². The number of thiophene rings is 1. The summed E-state index contributed by atoms with van der Waals surface area (Å²) in [6.07, 6.45) is 0.633. The van der Waals surface area contributed by atoms with Crippen LogP contribution in [-0.2, 0) is 4.74 Å². The Labute approximate surface area is 273 Å². The number of nitrogen functional groups attached to an aromatic ring is 1. The normalized spacial score (nSPS) is 24.6. The van der Waals surface area contributed by atoms with Crippen LogP contribution in [0.15, 0.2) is 36.2 Å². The number of nitrogens with two attached hydrogens (primary N) is 1. The molecule has 0 unspecified atom stereocenters. The lowest BCUT2D eigenvalue weighted by Gasteiger charge is -2.40. The van der Waals surface area contributed by atoms with E-state index in [-0.39, 0.29) is 102 Å². The Morgan fingerprint density at radius 2 is 2.09 bits per heavy atom. The SMILES string of the molecule is [2H]C([2H])([2H])N1CC/C(=C\F)[C@](C)(COc2nc(N3CCOC[C@@](C)(O)C3)c3cc(C#N)c(-c4cccc5sc(N)c(C#N)c45)c(F)c3n2)C1. The second-order valence-corrected chi connectivity index (χ2v) is 13.3. The van der Waals surface area contributed by atoms with Crippen LogP contribution in [0.25, 0.3) is 32.1 Å². The number of aliphatic hydroxyl groups is 1. The number of ether oxygens (including phenoxy) is 2. The van der Waals surface area contributed by atoms with Crippen molar-refractivity contribution in [2.24, 2.45) is 5.41 Å². The molecule has 6 rings (SSSR count). The van der Waals surface area contributed by atoms with Crippen LogP contribution in [0.2, 0.25) is 0 Å². The van der Waals surface area contributed by atoms with E-state index in [2.05, 4.69) is 22.1 Å². The number of nitriles is 2. The van der Waals surface area contributed by atoms with Crippen molar-refractivity contribution in [2.75, 3.05) is 63.6 Å². The van der Waals surface area contributed by atoms with E-state index in [1.165, 1.54) is 22.3 Å². The Morgan fingerprint density at radius 1 is 1.26 bits per heavy atom. The van der Waals surface area contributed by atoms with Crippen molar-refractivity contribution in [3.8, 4) is 29.3 Å². The van der Waals surface area contributed by atoms with E-state index in [1.54, 1.807) is 36.9 Å². The average molecular weight is 649 g/mol. The standard InChI is InChI=1S/C33H33F2N7O3S/c1-32(15-41(3)8-7-20(32)12-34)17-45-31-39-28-22(30(40-31)42-9-10-44-18-33(2,43)16-42)11-19(13-36)25(27(28)35)21-5-4-6-24-26(21)23(14-37)29(38)46-24/h4-6,11-12,43H,7-10,15-18,38H2,1-3H3/b20-12+/t32-,33-/m0/s1/i3D3. The number of aromatic nitrogens is 2. The molecule has 3 N–H and O–H groups in total. The molecule has 2 saturated heterocycles. The number of fused-ring (bicyclic) bond motifs is 2. The summed E-state index contributed by atoms with van der Waals surface area (Å²) in [4.78, 5) is 12.0. The Morgan fingerprint density at radius 3 is 2.83 bits per heavy atom. The highest BCUT2D eigenvalue weighted by atomic mass is 32.1. The number of halogens is 2. The molecule has 0 saturated carbocycles. The van der Waals surface area contributed by atoms with Gasteiger partial charge in [0, 0.05) is 50.2 Å². The Balaban J connectivity index is 1.54. The van der Waals surface area contributed by atoms with Crippen LogP contribution in [0.4, 0.5) is 19.6 Å². The molecule has 2 aromatic heterocycles. The van der Waals surface area contributed by atoms with Gasteiger partial charge in [-0.15, -0.1) is 11.3 Å². The smallest absolute Gasteiger partial charge is 0.319 e. The molecule has 0 radical (unpaired) electrons. The minimum absolute atomic E-state index is 0.0366. The van der Waals surface area contributed by atoms with Crippen molar-refractivity contribution in [3.63, 3.8) is 0 Å². The number of hydrogen-bond donors (Lipinski definition) is 2. The van der Waals surface area contributed by atoms with Crippen LogP contribution in [0, 0.1) is 33.9 Å². The zero-order valence-corrected chi connectivity index (χ0v) is 26.0. The second kappa shape index (κ2) is 12.1. The molecule has 0 amide bonds. The van der Waals surface area contributed by atoms with Gasteiger partial charge in [0.1, 0.15) is 34.6 Å². The molecule has 2 aliphatic heterocycles. The molecule has 2 aromatic carbocycles. The highest BCUT2D eigenvalue weighted by molar-refractivity contribution is 7.23. The molecule has 2 fully saturated rings. The van der Waals surface area contributed by atoms with Gasteiger partial charge in [-0.1, -0.05) is 19.1 Å². The number of hydrogen-bond acceptors (Lipinski definition) is 11. The maximum Gasteiger partial charge on any atom is 0.319 e. The minimum Gasteiger partial charge on any atom is -0.462 e. The van der Waals surface area contributed by atoms with E-state index in [0.29, 0.717) is 22.0 Å². The van der Waals surface area contributed by atoms with E-state index in [0.717, 1.165) is 0 Å². The maximum atomic E-state index is 17.1. The molecule has 4 aromatic rings. The monoisotopic (exact) mass is 648 g/mol. The van der Waals surface area contributed by atoms with Gasteiger partial charge >= 0.3 is 6.01 Å². The third-order valence-electron chi connectivity index (χ3n) is 8.50. The molecule has 238 valence electrons. The zero-order valence-electron chi connectivity index (χ0n) is 28.2. The molecule has 2 aliphatic rings. The van der Waals surface area contributed by atoms with E-state index in [4.69, 9.17) is 19.3 Å². The molecular weight excluding hydrogens is 612 g/mol. The Hall–Kier alpha value is -4.40. The predicted molar refractivity (Wildman–Crippen MR) is 173 cm³/mol. The van der Waals surface area contributed by atoms with Crippen LogP contribution >= 0.6 is 11.3 Å². The number of benzene rings is 2. The molecule has 4 heterocycles. The number of rotatable bonds is 5. The van der Waals surface area contributed by atoms with Crippen molar-refractivity contribution >= 4 is 43.1 Å². The fourth-order valence-corrected chi connectivity index (χ4v) is 7.17. The third-order valence-corrected chi connectivity index (χ3v) is 9.49. The molecule has 0 bridgehead atoms. The van der Waals surface area contributed by atoms with Crippen molar-refractivity contribution < 1.29 is 27.5 Å². The van der Waals surface area contributed by atoms with Gasteiger partial charge in [0.25, 0.3) is 0 Å². The summed E-state index contributed by atoms with van der Waals surface area (Å²) in [5, 5.41) is 32.0. The number of nitrogens with zero attached hydrogens (tertiary/aromatic N) is 6. The third kappa shape index (κ3) is 5.60. The van der Waals surface area contributed by atoms with Crippen molar-refractivity contribution in [1.82, 2.24) is 14.9 Å². The summed E-state index contributed by atoms with van der Waals surface area (Å²) >= 11 is 1.18. The Bertz CT molecular complexity index is 2080. The summed E-state index contributed by atoms with van der Waals surface area (Å²) in [5.74, 6) is -0.703. The molecule has 10 nitrogen and oxygen atoms in total. The lowest BCUT2D eigenvalue weighted by atomic mass is 9.78. The van der Waals surface area contributed by atoms with Gasteiger partial charge in [0.2, 0.25) is 0 Å². The van der Waals surface area contributed by atoms with Crippen molar-refractivity contribution in [1.29, 1.82) is 10.5 Å². The number of likely N-dealkylation sites (tertiary alicyclic amines) is 1. The number of piperidine rings is 1. The van der Waals surface area contributed by atoms with Crippen LogP contribution in [-0.4, -0.2) is 78.6 Å². The fraction of sp³-hybridized carbons (Fsp3) is 0.394. The maximum absolute atomic E-state index is 17.1. The first-order chi connectivity index (χ1) is 23.2. The van der Waals surface area contributed by atoms with Crippen LogP contribution in [0.3, 0.4) is 0 Å². The largest absolute Gasteiger partial charge is 0.462 e. The average Bonchev–Trinajstić information content (AvgIpc) is 3.27. The quantitative estimate of drug-likeness (QED) is 0.299. The van der Waals surface area contributed by atoms with Crippen molar-refractivity contribution in [3.05, 3.63) is 53.1 Å². The zero-order chi connectivity index (χ0) is 35.3. The first kappa shape index (κ1) is 27.9. The molecule has 0 spiro atoms. The molecular formula is C33H33F2N7O3S. The van der Waals surface area contributed by atoms with Crippen LogP contribution < -0.4 is 15.4 Å². The molecule has 46 heavy (non-hydrogen) atoms. The molecule has 2 atom stereocenters. The fourth-order valence-electron chi connectivity index (χ4n) is 6.23. The summed E-state index contributed by atoms with van der Waals surface area (Å²) in [5.41, 5.74) is 4.22. The van der Waals surface area contributed by atoms with Gasteiger partial charge in [0.15, 0.2) is 5.82 Å². The van der Waals surface area contributed by atoms with Gasteiger partial charge in [-0.2, -0.15) is 20.5 Å². The molecule has 13 heteroatoms. The van der Waals surface area contributed by atoms with Gasteiger partial charge in [0.05, 0.1) is 43.3 Å². The van der Waals surface area contributed by atoms with E-state index >= 15 is 4.39 Å². The molecule has 0 aliphatic carbocycles. The summed E-state index contributed by atoms with van der Waals surface area (Å²) < 4.78 is 67.1.